The highest BCUT2D eigenvalue weighted by molar-refractivity contribution is 6.39. The highest BCUT2D eigenvalue weighted by Crippen LogP contribution is 2.12. The Morgan fingerprint density at radius 2 is 2.00 bits per heavy atom. The predicted octanol–water partition coefficient (Wildman–Crippen LogP) is 0.852. The van der Waals surface area contributed by atoms with E-state index in [1.165, 1.54) is 13.9 Å². The fraction of sp³-hybridized carbons (Fsp3) is 0.333. The second-order valence-corrected chi connectivity index (χ2v) is 4.75. The van der Waals surface area contributed by atoms with Gasteiger partial charge in [0.1, 0.15) is 19.3 Å². The van der Waals surface area contributed by atoms with Gasteiger partial charge >= 0.3 is 5.97 Å². The van der Waals surface area contributed by atoms with E-state index in [0.29, 0.717) is 11.7 Å². The molecule has 0 N–H and O–H groups in total. The van der Waals surface area contributed by atoms with Crippen LogP contribution in [0.25, 0.3) is 0 Å². The molecule has 0 spiro atoms. The molecule has 0 heterocycles. The quantitative estimate of drug-likeness (QED) is 0.434. The minimum atomic E-state index is -0.634. The maximum absolute atomic E-state index is 13.2. The van der Waals surface area contributed by atoms with Crippen molar-refractivity contribution in [2.24, 2.45) is 0 Å². The van der Waals surface area contributed by atoms with Crippen LogP contribution in [0.4, 0.5) is 4.39 Å². The van der Waals surface area contributed by atoms with E-state index in [9.17, 15) is 14.0 Å². The summed E-state index contributed by atoms with van der Waals surface area (Å²) in [7, 11) is 1.52. The summed E-state index contributed by atoms with van der Waals surface area (Å²) >= 11 is 0. The average molecular weight is 236 g/mol. The molecular formula is C12H14BFO3. The summed E-state index contributed by atoms with van der Waals surface area (Å²) in [6, 6.07) is 2.42. The SMILES string of the molecule is Bc1c(C(=O)OC(C)(C)C)ccc(F)c1C=O. The van der Waals surface area contributed by atoms with Crippen molar-refractivity contribution < 1.29 is 18.7 Å². The molecule has 0 atom stereocenters. The standard InChI is InChI=1S/C12H14BFO3/c1-12(2,3)17-11(16)7-4-5-9(14)8(6-15)10(7)13/h4-6H,13H2,1-3H3. The molecule has 0 fully saturated rings. The number of rotatable bonds is 2. The summed E-state index contributed by atoms with van der Waals surface area (Å²) in [4.78, 5) is 22.5. The minimum absolute atomic E-state index is 0.103. The summed E-state index contributed by atoms with van der Waals surface area (Å²) in [5.74, 6) is -1.19. The molecule has 0 amide bonds. The fourth-order valence-electron chi connectivity index (χ4n) is 1.39. The molecule has 1 aromatic rings. The van der Waals surface area contributed by atoms with Crippen LogP contribution < -0.4 is 5.46 Å². The number of carbonyl (C=O) groups is 2. The Bertz CT molecular complexity index is 464. The summed E-state index contributed by atoms with van der Waals surface area (Å²) in [5, 5.41) is 0. The Labute approximate surface area is 100 Å². The number of halogens is 1. The van der Waals surface area contributed by atoms with Gasteiger partial charge in [-0.2, -0.15) is 0 Å². The Morgan fingerprint density at radius 3 is 2.47 bits per heavy atom. The monoisotopic (exact) mass is 236 g/mol. The van der Waals surface area contributed by atoms with Crippen molar-refractivity contribution in [3.8, 4) is 0 Å². The van der Waals surface area contributed by atoms with E-state index in [-0.39, 0.29) is 11.1 Å². The van der Waals surface area contributed by atoms with Crippen molar-refractivity contribution in [3.05, 3.63) is 29.1 Å². The second-order valence-electron chi connectivity index (χ2n) is 4.75. The van der Waals surface area contributed by atoms with Gasteiger partial charge in [-0.05, 0) is 32.9 Å². The first kappa shape index (κ1) is 13.4. The number of hydrogen-bond acceptors (Lipinski definition) is 3. The summed E-state index contributed by atoms with van der Waals surface area (Å²) in [6.07, 6.45) is 0.401. The molecule has 1 aromatic carbocycles. The topological polar surface area (TPSA) is 43.4 Å². The zero-order valence-corrected chi connectivity index (χ0v) is 10.3. The lowest BCUT2D eigenvalue weighted by atomic mass is 9.86. The largest absolute Gasteiger partial charge is 0.456 e. The van der Waals surface area contributed by atoms with Crippen molar-refractivity contribution in [1.29, 1.82) is 0 Å². The molecule has 0 radical (unpaired) electrons. The van der Waals surface area contributed by atoms with Gasteiger partial charge in [-0.1, -0.05) is 5.46 Å². The molecule has 5 heteroatoms. The van der Waals surface area contributed by atoms with Crippen LogP contribution in [-0.2, 0) is 4.74 Å². The molecule has 0 saturated carbocycles. The molecule has 3 nitrogen and oxygen atoms in total. The van der Waals surface area contributed by atoms with Gasteiger partial charge < -0.3 is 4.74 Å². The third kappa shape index (κ3) is 3.15. The summed E-state index contributed by atoms with van der Waals surface area (Å²) in [5.41, 5.74) is -0.217. The molecule has 0 unspecified atom stereocenters. The average Bonchev–Trinajstić information content (AvgIpc) is 2.15. The van der Waals surface area contributed by atoms with Crippen LogP contribution >= 0.6 is 0 Å². The third-order valence-corrected chi connectivity index (χ3v) is 2.20. The summed E-state index contributed by atoms with van der Waals surface area (Å²) in [6.45, 7) is 5.22. The molecule has 0 aromatic heterocycles. The maximum Gasteiger partial charge on any atom is 0.338 e. The lowest BCUT2D eigenvalue weighted by molar-refractivity contribution is 0.00711. The van der Waals surface area contributed by atoms with Crippen molar-refractivity contribution in [2.45, 2.75) is 26.4 Å². The molecule has 1 rings (SSSR count). The predicted molar refractivity (Wildman–Crippen MR) is 65.1 cm³/mol. The van der Waals surface area contributed by atoms with Gasteiger partial charge in [0.25, 0.3) is 0 Å². The lowest BCUT2D eigenvalue weighted by Gasteiger charge is -2.20. The van der Waals surface area contributed by atoms with Gasteiger partial charge in [-0.15, -0.1) is 0 Å². The van der Waals surface area contributed by atoms with Crippen LogP contribution in [-0.4, -0.2) is 25.7 Å². The first-order chi connectivity index (χ1) is 7.76. The minimum Gasteiger partial charge on any atom is -0.456 e. The molecule has 90 valence electrons. The smallest absolute Gasteiger partial charge is 0.338 e. The fourth-order valence-corrected chi connectivity index (χ4v) is 1.39. The van der Waals surface area contributed by atoms with Gasteiger partial charge in [0.15, 0.2) is 6.29 Å². The number of esters is 1. The Balaban J connectivity index is 3.16. The van der Waals surface area contributed by atoms with E-state index in [4.69, 9.17) is 4.74 Å². The highest BCUT2D eigenvalue weighted by atomic mass is 19.1. The number of ether oxygens (including phenoxy) is 1. The number of aldehydes is 1. The van der Waals surface area contributed by atoms with Crippen molar-refractivity contribution in [3.63, 3.8) is 0 Å². The number of hydrogen-bond donors (Lipinski definition) is 0. The number of benzene rings is 1. The first-order valence-electron chi connectivity index (χ1n) is 5.24. The molecule has 0 aliphatic carbocycles. The highest BCUT2D eigenvalue weighted by Gasteiger charge is 2.21. The zero-order valence-electron chi connectivity index (χ0n) is 10.3. The van der Waals surface area contributed by atoms with Crippen molar-refractivity contribution >= 4 is 25.6 Å². The van der Waals surface area contributed by atoms with E-state index in [1.807, 2.05) is 0 Å². The van der Waals surface area contributed by atoms with E-state index >= 15 is 0 Å². The number of carbonyl (C=O) groups excluding carboxylic acids is 2. The third-order valence-electron chi connectivity index (χ3n) is 2.20. The van der Waals surface area contributed by atoms with Crippen LogP contribution in [0.3, 0.4) is 0 Å². The van der Waals surface area contributed by atoms with Crippen LogP contribution in [0.15, 0.2) is 12.1 Å². The van der Waals surface area contributed by atoms with Crippen molar-refractivity contribution in [2.75, 3.05) is 0 Å². The summed E-state index contributed by atoms with van der Waals surface area (Å²) < 4.78 is 18.4. The van der Waals surface area contributed by atoms with Gasteiger partial charge in [0.05, 0.1) is 5.56 Å². The van der Waals surface area contributed by atoms with Crippen LogP contribution in [0.2, 0.25) is 0 Å². The van der Waals surface area contributed by atoms with Crippen LogP contribution in [0, 0.1) is 5.82 Å². The van der Waals surface area contributed by atoms with Gasteiger partial charge in [-0.25, -0.2) is 9.18 Å². The van der Waals surface area contributed by atoms with Crippen molar-refractivity contribution in [1.82, 2.24) is 0 Å². The van der Waals surface area contributed by atoms with Gasteiger partial charge in [-0.3, -0.25) is 4.79 Å². The van der Waals surface area contributed by atoms with Gasteiger partial charge in [0, 0.05) is 5.56 Å². The molecular weight excluding hydrogens is 222 g/mol. The molecule has 0 aliphatic rings. The van der Waals surface area contributed by atoms with Gasteiger partial charge in [0.2, 0.25) is 0 Å². The Morgan fingerprint density at radius 1 is 1.41 bits per heavy atom. The normalized spacial score (nSPS) is 11.1. The van der Waals surface area contributed by atoms with Crippen LogP contribution in [0.1, 0.15) is 41.5 Å². The molecule has 0 saturated heterocycles. The second kappa shape index (κ2) is 4.69. The molecule has 17 heavy (non-hydrogen) atoms. The Hall–Kier alpha value is -1.65. The van der Waals surface area contributed by atoms with E-state index in [1.54, 1.807) is 20.8 Å². The zero-order chi connectivity index (χ0) is 13.2. The van der Waals surface area contributed by atoms with E-state index < -0.39 is 17.4 Å². The van der Waals surface area contributed by atoms with Crippen LogP contribution in [0.5, 0.6) is 0 Å². The maximum atomic E-state index is 13.2. The molecule has 0 aliphatic heterocycles. The first-order valence-corrected chi connectivity index (χ1v) is 5.24. The Kier molecular flexibility index (Phi) is 3.71. The van der Waals surface area contributed by atoms with E-state index in [0.717, 1.165) is 6.07 Å². The van der Waals surface area contributed by atoms with E-state index in [2.05, 4.69) is 0 Å². The lowest BCUT2D eigenvalue weighted by Crippen LogP contribution is -2.29. The molecule has 0 bridgehead atoms.